The average molecular weight is 272 g/mol. The molecular weight excluding hydrogens is 260 g/mol. The van der Waals surface area contributed by atoms with Crippen LogP contribution in [0.25, 0.3) is 33.3 Å². The molecule has 4 rings (SSSR count). The highest BCUT2D eigenvalue weighted by molar-refractivity contribution is 5.96. The van der Waals surface area contributed by atoms with Gasteiger partial charge in [-0.25, -0.2) is 0 Å². The van der Waals surface area contributed by atoms with Gasteiger partial charge in [-0.1, -0.05) is 6.07 Å². The number of hydrogen-bond donors (Lipinski definition) is 1. The molecule has 1 aromatic carbocycles. The predicted octanol–water partition coefficient (Wildman–Crippen LogP) is 3.69. The minimum absolute atomic E-state index is 0.979. The molecule has 0 radical (unpaired) electrons. The van der Waals surface area contributed by atoms with Gasteiger partial charge in [-0.15, -0.1) is 0 Å². The molecule has 0 bridgehead atoms. The van der Waals surface area contributed by atoms with E-state index in [9.17, 15) is 0 Å². The van der Waals surface area contributed by atoms with E-state index in [0.29, 0.717) is 0 Å². The Morgan fingerprint density at radius 2 is 1.67 bits per heavy atom. The van der Waals surface area contributed by atoms with Gasteiger partial charge < -0.3 is 0 Å². The van der Waals surface area contributed by atoms with Crippen LogP contribution in [-0.4, -0.2) is 20.2 Å². The van der Waals surface area contributed by atoms with Gasteiger partial charge in [0.1, 0.15) is 0 Å². The highest BCUT2D eigenvalue weighted by atomic mass is 15.1. The Labute approximate surface area is 121 Å². The summed E-state index contributed by atoms with van der Waals surface area (Å²) in [6, 6.07) is 14.3. The van der Waals surface area contributed by atoms with Crippen molar-refractivity contribution in [3.05, 3.63) is 67.3 Å². The molecule has 100 valence electrons. The third-order valence-corrected chi connectivity index (χ3v) is 3.54. The van der Waals surface area contributed by atoms with Gasteiger partial charge in [0, 0.05) is 35.7 Å². The Kier molecular flexibility index (Phi) is 2.71. The van der Waals surface area contributed by atoms with Crippen LogP contribution in [-0.2, 0) is 0 Å². The highest BCUT2D eigenvalue weighted by Gasteiger charge is 2.07. The first kappa shape index (κ1) is 11.8. The van der Waals surface area contributed by atoms with Crippen LogP contribution in [0.3, 0.4) is 0 Å². The summed E-state index contributed by atoms with van der Waals surface area (Å²) in [4.78, 5) is 8.53. The quantitative estimate of drug-likeness (QED) is 0.605. The van der Waals surface area contributed by atoms with Crippen LogP contribution in [0, 0.1) is 0 Å². The number of fused-ring (bicyclic) bond motifs is 1. The van der Waals surface area contributed by atoms with E-state index in [0.717, 1.165) is 33.3 Å². The molecule has 0 amide bonds. The first-order valence-electron chi connectivity index (χ1n) is 6.71. The fraction of sp³-hybridized carbons (Fsp3) is 0. The minimum atomic E-state index is 0.979. The molecule has 0 spiro atoms. The van der Waals surface area contributed by atoms with E-state index in [4.69, 9.17) is 0 Å². The van der Waals surface area contributed by atoms with Gasteiger partial charge in [-0.2, -0.15) is 5.10 Å². The number of nitrogens with one attached hydrogen (secondary N) is 1. The van der Waals surface area contributed by atoms with Crippen molar-refractivity contribution in [2.75, 3.05) is 0 Å². The number of pyridine rings is 2. The van der Waals surface area contributed by atoms with E-state index in [-0.39, 0.29) is 0 Å². The molecule has 4 heteroatoms. The van der Waals surface area contributed by atoms with E-state index in [1.807, 2.05) is 36.5 Å². The molecule has 0 saturated heterocycles. The second-order valence-electron chi connectivity index (χ2n) is 4.80. The zero-order chi connectivity index (χ0) is 14.1. The number of aromatic amines is 1. The molecule has 0 atom stereocenters. The van der Waals surface area contributed by atoms with E-state index in [1.165, 1.54) is 0 Å². The molecule has 0 aliphatic rings. The third kappa shape index (κ3) is 2.07. The van der Waals surface area contributed by atoms with Crippen molar-refractivity contribution in [3.63, 3.8) is 0 Å². The van der Waals surface area contributed by atoms with Gasteiger partial charge in [0.2, 0.25) is 0 Å². The maximum atomic E-state index is 4.45. The summed E-state index contributed by atoms with van der Waals surface area (Å²) in [6.07, 6.45) is 7.21. The Morgan fingerprint density at radius 1 is 0.762 bits per heavy atom. The van der Waals surface area contributed by atoms with Crippen molar-refractivity contribution in [2.24, 2.45) is 0 Å². The summed E-state index contributed by atoms with van der Waals surface area (Å²) in [5.74, 6) is 0. The molecule has 3 aromatic heterocycles. The van der Waals surface area contributed by atoms with Gasteiger partial charge >= 0.3 is 0 Å². The lowest BCUT2D eigenvalue weighted by Gasteiger charge is -2.07. The normalized spacial score (nSPS) is 10.9. The zero-order valence-electron chi connectivity index (χ0n) is 11.2. The first-order valence-corrected chi connectivity index (χ1v) is 6.71. The largest absolute Gasteiger partial charge is 0.278 e. The Bertz CT molecular complexity index is 883. The van der Waals surface area contributed by atoms with E-state index >= 15 is 0 Å². The number of aromatic nitrogens is 4. The van der Waals surface area contributed by atoms with Gasteiger partial charge in [0.25, 0.3) is 0 Å². The molecule has 3 heterocycles. The molecule has 4 aromatic rings. The van der Waals surface area contributed by atoms with Crippen LogP contribution in [0.15, 0.2) is 67.3 Å². The van der Waals surface area contributed by atoms with E-state index in [1.54, 1.807) is 18.6 Å². The lowest BCUT2D eigenvalue weighted by atomic mass is 10.00. The Hall–Kier alpha value is -3.01. The van der Waals surface area contributed by atoms with Crippen molar-refractivity contribution in [3.8, 4) is 22.4 Å². The molecule has 0 aliphatic heterocycles. The first-order chi connectivity index (χ1) is 10.4. The summed E-state index contributed by atoms with van der Waals surface area (Å²) in [6.45, 7) is 0. The fourth-order valence-corrected chi connectivity index (χ4v) is 2.51. The van der Waals surface area contributed by atoms with Crippen LogP contribution < -0.4 is 0 Å². The Morgan fingerprint density at radius 3 is 2.48 bits per heavy atom. The summed E-state index contributed by atoms with van der Waals surface area (Å²) >= 11 is 0. The number of H-pyrrole nitrogens is 1. The summed E-state index contributed by atoms with van der Waals surface area (Å²) in [5, 5.41) is 8.13. The average Bonchev–Trinajstić information content (AvgIpc) is 3.09. The summed E-state index contributed by atoms with van der Waals surface area (Å²) in [5.41, 5.74) is 5.38. The molecule has 0 fully saturated rings. The maximum absolute atomic E-state index is 4.45. The monoisotopic (exact) mass is 272 g/mol. The fourth-order valence-electron chi connectivity index (χ4n) is 2.51. The smallest absolute Gasteiger partial charge is 0.0708 e. The highest BCUT2D eigenvalue weighted by Crippen LogP contribution is 2.30. The van der Waals surface area contributed by atoms with Crippen molar-refractivity contribution in [2.45, 2.75) is 0 Å². The number of nitrogens with zero attached hydrogens (tertiary/aromatic N) is 3. The van der Waals surface area contributed by atoms with Gasteiger partial charge in [0.15, 0.2) is 0 Å². The van der Waals surface area contributed by atoms with Crippen LogP contribution >= 0.6 is 0 Å². The zero-order valence-corrected chi connectivity index (χ0v) is 11.2. The SMILES string of the molecule is c1cc(-c2ccnc3ccc(-c4ccn[nH]4)cc23)ccn1. The number of benzene rings is 1. The second kappa shape index (κ2) is 4.83. The van der Waals surface area contributed by atoms with Crippen molar-refractivity contribution < 1.29 is 0 Å². The molecular formula is C17H12N4. The van der Waals surface area contributed by atoms with E-state index in [2.05, 4.69) is 32.3 Å². The molecule has 1 N–H and O–H groups in total. The molecule has 0 unspecified atom stereocenters. The topological polar surface area (TPSA) is 54.5 Å². The minimum Gasteiger partial charge on any atom is -0.278 e. The lowest BCUT2D eigenvalue weighted by Crippen LogP contribution is -1.86. The summed E-state index contributed by atoms with van der Waals surface area (Å²) < 4.78 is 0. The lowest BCUT2D eigenvalue weighted by molar-refractivity contribution is 1.10. The molecule has 4 nitrogen and oxygen atoms in total. The van der Waals surface area contributed by atoms with Crippen molar-refractivity contribution >= 4 is 10.9 Å². The van der Waals surface area contributed by atoms with Crippen LogP contribution in [0.4, 0.5) is 0 Å². The predicted molar refractivity (Wildman–Crippen MR) is 82.6 cm³/mol. The molecule has 0 aliphatic carbocycles. The third-order valence-electron chi connectivity index (χ3n) is 3.54. The summed E-state index contributed by atoms with van der Waals surface area (Å²) in [7, 11) is 0. The Balaban J connectivity index is 1.97. The number of rotatable bonds is 2. The van der Waals surface area contributed by atoms with Crippen LogP contribution in [0.5, 0.6) is 0 Å². The van der Waals surface area contributed by atoms with Crippen molar-refractivity contribution in [1.82, 2.24) is 20.2 Å². The van der Waals surface area contributed by atoms with Gasteiger partial charge in [-0.3, -0.25) is 15.1 Å². The van der Waals surface area contributed by atoms with Crippen LogP contribution in [0.1, 0.15) is 0 Å². The van der Waals surface area contributed by atoms with Crippen molar-refractivity contribution in [1.29, 1.82) is 0 Å². The second-order valence-corrected chi connectivity index (χ2v) is 4.80. The van der Waals surface area contributed by atoms with Gasteiger partial charge in [0.05, 0.1) is 11.2 Å². The maximum Gasteiger partial charge on any atom is 0.0708 e. The van der Waals surface area contributed by atoms with Crippen LogP contribution in [0.2, 0.25) is 0 Å². The van der Waals surface area contributed by atoms with Gasteiger partial charge in [-0.05, 0) is 47.5 Å². The number of hydrogen-bond acceptors (Lipinski definition) is 3. The van der Waals surface area contributed by atoms with E-state index < -0.39 is 0 Å². The molecule has 21 heavy (non-hydrogen) atoms. The molecule has 0 saturated carbocycles. The standard InChI is InChI=1S/C17H12N4/c1-2-17-15(11-13(1)16-6-10-20-21-16)14(5-9-19-17)12-3-7-18-8-4-12/h1-11H,(H,20,21).